The molecular weight excluding hydrogens is 346 g/mol. The number of anilines is 1. The fourth-order valence-corrected chi connectivity index (χ4v) is 4.07. The van der Waals surface area contributed by atoms with Gasteiger partial charge in [0, 0.05) is 24.3 Å². The maximum Gasteiger partial charge on any atom is 0.202 e. The van der Waals surface area contributed by atoms with E-state index >= 15 is 0 Å². The molecule has 5 rings (SSSR count). The third-order valence-electron chi connectivity index (χ3n) is 5.48. The maximum absolute atomic E-state index is 5.54. The van der Waals surface area contributed by atoms with Gasteiger partial charge in [-0.25, -0.2) is 0 Å². The fraction of sp³-hybridized carbons (Fsp3) is 0.381. The number of halogens is 1. The molecule has 1 unspecified atom stereocenters. The molecule has 3 aliphatic rings. The first-order valence-electron chi connectivity index (χ1n) is 9.16. The minimum atomic E-state index is 0. The van der Waals surface area contributed by atoms with Crippen molar-refractivity contribution in [2.75, 3.05) is 31.6 Å². The molecule has 5 heteroatoms. The lowest BCUT2D eigenvalue weighted by Gasteiger charge is -2.43. The third kappa shape index (κ3) is 2.82. The minimum absolute atomic E-state index is 0. The van der Waals surface area contributed by atoms with E-state index in [0.29, 0.717) is 0 Å². The van der Waals surface area contributed by atoms with Crippen LogP contribution in [-0.2, 0) is 0 Å². The molecule has 0 radical (unpaired) electrons. The summed E-state index contributed by atoms with van der Waals surface area (Å²) in [5, 5.41) is 0. The van der Waals surface area contributed by atoms with Crippen LogP contribution in [0.25, 0.3) is 0 Å². The van der Waals surface area contributed by atoms with Crippen molar-refractivity contribution in [2.24, 2.45) is 10.9 Å². The number of ether oxygens (including phenoxy) is 1. The van der Waals surface area contributed by atoms with Crippen LogP contribution in [0.15, 0.2) is 53.5 Å². The van der Waals surface area contributed by atoms with Gasteiger partial charge in [-0.15, -0.1) is 12.4 Å². The summed E-state index contributed by atoms with van der Waals surface area (Å²) < 4.78 is 5.54. The molecule has 1 aliphatic carbocycles. The summed E-state index contributed by atoms with van der Waals surface area (Å²) in [6.45, 7) is 2.94. The molecule has 4 nitrogen and oxygen atoms in total. The number of aliphatic imine (C=N–C) groups is 1. The van der Waals surface area contributed by atoms with Gasteiger partial charge in [-0.05, 0) is 42.5 Å². The van der Waals surface area contributed by atoms with Gasteiger partial charge in [0.2, 0.25) is 5.96 Å². The number of methoxy groups -OCH3 is 1. The molecule has 0 spiro atoms. The van der Waals surface area contributed by atoms with Gasteiger partial charge in [0.05, 0.1) is 19.7 Å². The fourth-order valence-electron chi connectivity index (χ4n) is 4.07. The SMILES string of the molecule is COc1ccc2c(c1)C(c1ccccc1)N1CCN=C1N2CC1CC1.Cl. The van der Waals surface area contributed by atoms with Crippen LogP contribution in [0.2, 0.25) is 0 Å². The lowest BCUT2D eigenvalue weighted by Crippen LogP contribution is -2.49. The number of fused-ring (bicyclic) bond motifs is 2. The quantitative estimate of drug-likeness (QED) is 0.811. The highest BCUT2D eigenvalue weighted by atomic mass is 35.5. The number of nitrogens with zero attached hydrogens (tertiary/aromatic N) is 3. The van der Waals surface area contributed by atoms with Crippen molar-refractivity contribution in [3.05, 3.63) is 59.7 Å². The first-order valence-corrected chi connectivity index (χ1v) is 9.16. The summed E-state index contributed by atoms with van der Waals surface area (Å²) in [4.78, 5) is 9.79. The second-order valence-corrected chi connectivity index (χ2v) is 7.17. The van der Waals surface area contributed by atoms with Gasteiger partial charge >= 0.3 is 0 Å². The molecule has 2 heterocycles. The Hall–Kier alpha value is -2.20. The molecule has 0 N–H and O–H groups in total. The second kappa shape index (κ2) is 6.84. The van der Waals surface area contributed by atoms with Crippen LogP contribution in [0.3, 0.4) is 0 Å². The standard InChI is InChI=1S/C21H23N3O.ClH/c1-25-17-9-10-19-18(13-17)20(16-5-3-2-4-6-16)23-12-11-22-21(23)24(19)14-15-7-8-15;/h2-6,9-10,13,15,20H,7-8,11-12,14H2,1H3;1H. The molecule has 0 aromatic heterocycles. The van der Waals surface area contributed by atoms with Gasteiger partial charge in [0.25, 0.3) is 0 Å². The Morgan fingerprint density at radius 2 is 1.92 bits per heavy atom. The average Bonchev–Trinajstić information content (AvgIpc) is 3.35. The van der Waals surface area contributed by atoms with Crippen molar-refractivity contribution >= 4 is 24.1 Å². The van der Waals surface area contributed by atoms with E-state index in [1.54, 1.807) is 7.11 Å². The number of hydrogen-bond acceptors (Lipinski definition) is 4. The Kier molecular flexibility index (Phi) is 4.53. The summed E-state index contributed by atoms with van der Waals surface area (Å²) >= 11 is 0. The highest BCUT2D eigenvalue weighted by molar-refractivity contribution is 6.00. The predicted octanol–water partition coefficient (Wildman–Crippen LogP) is 4.11. The van der Waals surface area contributed by atoms with Crippen LogP contribution >= 0.6 is 12.4 Å². The van der Waals surface area contributed by atoms with Crippen LogP contribution in [0.4, 0.5) is 5.69 Å². The topological polar surface area (TPSA) is 28.1 Å². The molecule has 1 saturated carbocycles. The number of guanidine groups is 1. The van der Waals surface area contributed by atoms with Gasteiger partial charge in [-0.1, -0.05) is 30.3 Å². The largest absolute Gasteiger partial charge is 0.497 e. The lowest BCUT2D eigenvalue weighted by molar-refractivity contribution is 0.368. The van der Waals surface area contributed by atoms with Crippen molar-refractivity contribution in [1.82, 2.24) is 4.90 Å². The van der Waals surface area contributed by atoms with Crippen molar-refractivity contribution < 1.29 is 4.74 Å². The van der Waals surface area contributed by atoms with E-state index in [0.717, 1.165) is 37.3 Å². The van der Waals surface area contributed by atoms with E-state index in [1.165, 1.54) is 29.7 Å². The number of benzene rings is 2. The molecule has 2 aliphatic heterocycles. The Balaban J connectivity index is 0.00000168. The van der Waals surface area contributed by atoms with Gasteiger partial charge in [0.15, 0.2) is 0 Å². The minimum Gasteiger partial charge on any atom is -0.497 e. The van der Waals surface area contributed by atoms with Crippen molar-refractivity contribution in [3.63, 3.8) is 0 Å². The lowest BCUT2D eigenvalue weighted by atomic mass is 9.93. The Morgan fingerprint density at radius 1 is 1.12 bits per heavy atom. The van der Waals surface area contributed by atoms with Crippen molar-refractivity contribution in [3.8, 4) is 5.75 Å². The van der Waals surface area contributed by atoms with Crippen LogP contribution in [0.1, 0.15) is 30.0 Å². The monoisotopic (exact) mass is 369 g/mol. The van der Waals surface area contributed by atoms with E-state index < -0.39 is 0 Å². The predicted molar refractivity (Wildman–Crippen MR) is 108 cm³/mol. The zero-order valence-electron chi connectivity index (χ0n) is 15.0. The van der Waals surface area contributed by atoms with Crippen molar-refractivity contribution in [1.29, 1.82) is 0 Å². The molecule has 0 saturated heterocycles. The van der Waals surface area contributed by atoms with Gasteiger partial charge in [0.1, 0.15) is 5.75 Å². The average molecular weight is 370 g/mol. The summed E-state index contributed by atoms with van der Waals surface area (Å²) in [7, 11) is 1.74. The van der Waals surface area contributed by atoms with Crippen LogP contribution in [0.5, 0.6) is 5.75 Å². The molecule has 2 aromatic rings. The Bertz CT molecular complexity index is 819. The zero-order chi connectivity index (χ0) is 16.8. The summed E-state index contributed by atoms with van der Waals surface area (Å²) in [5.74, 6) is 2.89. The molecule has 2 aromatic carbocycles. The van der Waals surface area contributed by atoms with E-state index in [4.69, 9.17) is 9.73 Å². The molecule has 26 heavy (non-hydrogen) atoms. The molecule has 136 valence electrons. The van der Waals surface area contributed by atoms with E-state index in [-0.39, 0.29) is 18.4 Å². The molecule has 0 bridgehead atoms. The van der Waals surface area contributed by atoms with E-state index in [9.17, 15) is 0 Å². The molecule has 0 amide bonds. The van der Waals surface area contributed by atoms with Gasteiger partial charge in [-0.3, -0.25) is 4.99 Å². The van der Waals surface area contributed by atoms with Crippen LogP contribution in [-0.4, -0.2) is 37.6 Å². The van der Waals surface area contributed by atoms with E-state index in [1.807, 2.05) is 0 Å². The van der Waals surface area contributed by atoms with Crippen LogP contribution < -0.4 is 9.64 Å². The third-order valence-corrected chi connectivity index (χ3v) is 5.48. The number of hydrogen-bond donors (Lipinski definition) is 0. The highest BCUT2D eigenvalue weighted by Gasteiger charge is 2.40. The first-order chi connectivity index (χ1) is 12.3. The summed E-state index contributed by atoms with van der Waals surface area (Å²) in [6.07, 6.45) is 2.69. The van der Waals surface area contributed by atoms with Crippen molar-refractivity contribution in [2.45, 2.75) is 18.9 Å². The maximum atomic E-state index is 5.54. The smallest absolute Gasteiger partial charge is 0.202 e. The number of rotatable bonds is 4. The molecule has 1 fully saturated rings. The highest BCUT2D eigenvalue weighted by Crippen LogP contribution is 2.44. The van der Waals surface area contributed by atoms with Crippen LogP contribution in [0, 0.1) is 5.92 Å². The summed E-state index contributed by atoms with van der Waals surface area (Å²) in [6, 6.07) is 17.5. The molecule has 1 atom stereocenters. The Labute approximate surface area is 160 Å². The van der Waals surface area contributed by atoms with E-state index in [2.05, 4.69) is 58.3 Å². The summed E-state index contributed by atoms with van der Waals surface area (Å²) in [5.41, 5.74) is 3.93. The van der Waals surface area contributed by atoms with Gasteiger partial charge < -0.3 is 14.5 Å². The Morgan fingerprint density at radius 3 is 2.65 bits per heavy atom. The molecular formula is C21H24ClN3O. The normalized spacial score (nSPS) is 20.8. The second-order valence-electron chi connectivity index (χ2n) is 7.17. The van der Waals surface area contributed by atoms with Gasteiger partial charge in [-0.2, -0.15) is 0 Å². The zero-order valence-corrected chi connectivity index (χ0v) is 15.8. The first kappa shape index (κ1) is 17.2.